The molecule has 0 radical (unpaired) electrons. The van der Waals surface area contributed by atoms with Gasteiger partial charge in [-0.05, 0) is 24.3 Å². The molecule has 88 valence electrons. The molecule has 0 bridgehead atoms. The number of pyridine rings is 1. The molecule has 0 unspecified atom stereocenters. The number of halogens is 1. The van der Waals surface area contributed by atoms with Gasteiger partial charge >= 0.3 is 0 Å². The molecule has 3 N–H and O–H groups in total. The topological polar surface area (TPSA) is 60.2 Å². The van der Waals surface area contributed by atoms with E-state index in [0.717, 1.165) is 5.69 Å². The fourth-order valence-electron chi connectivity index (χ4n) is 1.39. The van der Waals surface area contributed by atoms with Crippen LogP contribution in [0.3, 0.4) is 0 Å². The Morgan fingerprint density at radius 2 is 2.00 bits per heavy atom. The molecule has 0 atom stereocenters. The molecule has 17 heavy (non-hydrogen) atoms. The number of nitrogens with zero attached hydrogens (tertiary/aromatic N) is 1. The summed E-state index contributed by atoms with van der Waals surface area (Å²) in [4.78, 5) is 3.93. The molecule has 2 aromatic rings. The summed E-state index contributed by atoms with van der Waals surface area (Å²) in [6, 6.07) is 8.07. The highest BCUT2D eigenvalue weighted by Gasteiger charge is 2.03. The van der Waals surface area contributed by atoms with E-state index in [0.29, 0.717) is 11.5 Å². The molecular formula is C12H12FN3O. The zero-order valence-corrected chi connectivity index (χ0v) is 9.27. The molecule has 5 heteroatoms. The molecule has 0 saturated carbocycles. The van der Waals surface area contributed by atoms with Crippen LogP contribution in [0.25, 0.3) is 0 Å². The summed E-state index contributed by atoms with van der Waals surface area (Å²) in [7, 11) is 1.43. The Kier molecular flexibility index (Phi) is 3.09. The standard InChI is InChI=1S/C12H12FN3O/c1-17-11-4-2-8(6-10(11)13)16-9-3-5-12(14)15-7-9/h2-7,16H,1H3,(H2,14,15). The van der Waals surface area contributed by atoms with Crippen LogP contribution in [0.4, 0.5) is 21.6 Å². The first kappa shape index (κ1) is 11.2. The van der Waals surface area contributed by atoms with Crippen LogP contribution in [0.2, 0.25) is 0 Å². The van der Waals surface area contributed by atoms with Gasteiger partial charge in [-0.3, -0.25) is 0 Å². The first-order valence-corrected chi connectivity index (χ1v) is 5.01. The molecule has 1 heterocycles. The van der Waals surface area contributed by atoms with E-state index in [1.165, 1.54) is 13.2 Å². The number of benzene rings is 1. The Morgan fingerprint density at radius 3 is 2.59 bits per heavy atom. The van der Waals surface area contributed by atoms with Crippen LogP contribution in [0.1, 0.15) is 0 Å². The van der Waals surface area contributed by atoms with E-state index >= 15 is 0 Å². The lowest BCUT2D eigenvalue weighted by atomic mass is 10.2. The van der Waals surface area contributed by atoms with Crippen molar-refractivity contribution in [2.45, 2.75) is 0 Å². The Hall–Kier alpha value is -2.30. The zero-order valence-electron chi connectivity index (χ0n) is 9.27. The maximum absolute atomic E-state index is 13.4. The first-order valence-electron chi connectivity index (χ1n) is 5.01. The van der Waals surface area contributed by atoms with Gasteiger partial charge in [-0.15, -0.1) is 0 Å². The normalized spacial score (nSPS) is 10.0. The Balaban J connectivity index is 2.19. The second-order valence-electron chi connectivity index (χ2n) is 3.45. The van der Waals surface area contributed by atoms with Crippen LogP contribution in [0, 0.1) is 5.82 Å². The summed E-state index contributed by atoms with van der Waals surface area (Å²) in [5, 5.41) is 3.01. The third-order valence-electron chi connectivity index (χ3n) is 2.23. The van der Waals surface area contributed by atoms with Crippen LogP contribution >= 0.6 is 0 Å². The van der Waals surface area contributed by atoms with Crippen LogP contribution in [0.5, 0.6) is 5.75 Å². The van der Waals surface area contributed by atoms with Crippen LogP contribution in [-0.2, 0) is 0 Å². The highest BCUT2D eigenvalue weighted by Crippen LogP contribution is 2.23. The van der Waals surface area contributed by atoms with Crippen molar-refractivity contribution < 1.29 is 9.13 Å². The van der Waals surface area contributed by atoms with Crippen LogP contribution < -0.4 is 15.8 Å². The van der Waals surface area contributed by atoms with Crippen molar-refractivity contribution in [1.29, 1.82) is 0 Å². The minimum absolute atomic E-state index is 0.214. The summed E-state index contributed by atoms with van der Waals surface area (Å²) in [6.45, 7) is 0. The van der Waals surface area contributed by atoms with Gasteiger partial charge in [0.1, 0.15) is 5.82 Å². The van der Waals surface area contributed by atoms with Crippen molar-refractivity contribution in [3.05, 3.63) is 42.3 Å². The fourth-order valence-corrected chi connectivity index (χ4v) is 1.39. The third kappa shape index (κ3) is 2.63. The van der Waals surface area contributed by atoms with Crippen molar-refractivity contribution in [3.8, 4) is 5.75 Å². The molecule has 0 spiro atoms. The molecule has 0 aliphatic carbocycles. The molecular weight excluding hydrogens is 221 g/mol. The lowest BCUT2D eigenvalue weighted by Gasteiger charge is -2.08. The van der Waals surface area contributed by atoms with E-state index < -0.39 is 5.82 Å². The van der Waals surface area contributed by atoms with Crippen molar-refractivity contribution >= 4 is 17.2 Å². The largest absolute Gasteiger partial charge is 0.494 e. The van der Waals surface area contributed by atoms with Gasteiger partial charge in [-0.1, -0.05) is 0 Å². The second kappa shape index (κ2) is 4.69. The molecule has 0 aliphatic rings. The molecule has 0 amide bonds. The molecule has 0 fully saturated rings. The predicted molar refractivity (Wildman–Crippen MR) is 64.9 cm³/mol. The van der Waals surface area contributed by atoms with Crippen molar-refractivity contribution in [2.24, 2.45) is 0 Å². The number of nitrogens with one attached hydrogen (secondary N) is 1. The van der Waals surface area contributed by atoms with Crippen LogP contribution in [-0.4, -0.2) is 12.1 Å². The summed E-state index contributed by atoms with van der Waals surface area (Å²) in [6.07, 6.45) is 1.58. The minimum Gasteiger partial charge on any atom is -0.494 e. The maximum Gasteiger partial charge on any atom is 0.167 e. The van der Waals surface area contributed by atoms with Gasteiger partial charge in [-0.25, -0.2) is 9.37 Å². The predicted octanol–water partition coefficient (Wildman–Crippen LogP) is 2.56. The Bertz CT molecular complexity index is 514. The van der Waals surface area contributed by atoms with E-state index in [1.54, 1.807) is 30.5 Å². The Morgan fingerprint density at radius 1 is 1.24 bits per heavy atom. The van der Waals surface area contributed by atoms with E-state index in [1.807, 2.05) is 0 Å². The van der Waals surface area contributed by atoms with Gasteiger partial charge in [0.15, 0.2) is 11.6 Å². The van der Waals surface area contributed by atoms with Crippen LogP contribution in [0.15, 0.2) is 36.5 Å². The molecule has 2 rings (SSSR count). The van der Waals surface area contributed by atoms with Gasteiger partial charge in [0.25, 0.3) is 0 Å². The third-order valence-corrected chi connectivity index (χ3v) is 2.23. The van der Waals surface area contributed by atoms with Gasteiger partial charge in [0, 0.05) is 11.8 Å². The van der Waals surface area contributed by atoms with Crippen molar-refractivity contribution in [3.63, 3.8) is 0 Å². The van der Waals surface area contributed by atoms with Gasteiger partial charge < -0.3 is 15.8 Å². The van der Waals surface area contributed by atoms with E-state index in [9.17, 15) is 4.39 Å². The monoisotopic (exact) mass is 233 g/mol. The molecule has 0 saturated heterocycles. The van der Waals surface area contributed by atoms with E-state index in [4.69, 9.17) is 10.5 Å². The summed E-state index contributed by atoms with van der Waals surface area (Å²) < 4.78 is 18.3. The van der Waals surface area contributed by atoms with Gasteiger partial charge in [0.2, 0.25) is 0 Å². The molecule has 1 aromatic heterocycles. The van der Waals surface area contributed by atoms with Gasteiger partial charge in [0.05, 0.1) is 19.0 Å². The SMILES string of the molecule is COc1ccc(Nc2ccc(N)nc2)cc1F. The summed E-state index contributed by atoms with van der Waals surface area (Å²) >= 11 is 0. The number of rotatable bonds is 3. The molecule has 1 aromatic carbocycles. The van der Waals surface area contributed by atoms with Crippen molar-refractivity contribution in [2.75, 3.05) is 18.2 Å². The number of nitrogens with two attached hydrogens (primary N) is 1. The fraction of sp³-hybridized carbons (Fsp3) is 0.0833. The average molecular weight is 233 g/mol. The zero-order chi connectivity index (χ0) is 12.3. The number of anilines is 3. The highest BCUT2D eigenvalue weighted by atomic mass is 19.1. The highest BCUT2D eigenvalue weighted by molar-refractivity contribution is 5.60. The lowest BCUT2D eigenvalue weighted by molar-refractivity contribution is 0.386. The second-order valence-corrected chi connectivity index (χ2v) is 3.45. The number of nitrogen functional groups attached to an aromatic ring is 1. The number of hydrogen-bond donors (Lipinski definition) is 2. The number of ether oxygens (including phenoxy) is 1. The number of hydrogen-bond acceptors (Lipinski definition) is 4. The van der Waals surface area contributed by atoms with Gasteiger partial charge in [-0.2, -0.15) is 0 Å². The molecule has 4 nitrogen and oxygen atoms in total. The average Bonchev–Trinajstić information content (AvgIpc) is 2.32. The quantitative estimate of drug-likeness (QED) is 0.855. The van der Waals surface area contributed by atoms with E-state index in [2.05, 4.69) is 10.3 Å². The Labute approximate surface area is 98.2 Å². The van der Waals surface area contributed by atoms with E-state index in [-0.39, 0.29) is 5.75 Å². The summed E-state index contributed by atoms with van der Waals surface area (Å²) in [5.41, 5.74) is 6.83. The lowest BCUT2D eigenvalue weighted by Crippen LogP contribution is -1.95. The maximum atomic E-state index is 13.4. The number of aromatic nitrogens is 1. The minimum atomic E-state index is -0.416. The van der Waals surface area contributed by atoms with Crippen molar-refractivity contribution in [1.82, 2.24) is 4.98 Å². The first-order chi connectivity index (χ1) is 8.19. The molecule has 0 aliphatic heterocycles. The summed E-state index contributed by atoms with van der Waals surface area (Å²) in [5.74, 6) is 0.239. The smallest absolute Gasteiger partial charge is 0.167 e. The number of methoxy groups -OCH3 is 1.